The van der Waals surface area contributed by atoms with Crippen molar-refractivity contribution in [2.75, 3.05) is 19.6 Å². The quantitative estimate of drug-likeness (QED) is 0.901. The van der Waals surface area contributed by atoms with Crippen LogP contribution in [0.1, 0.15) is 25.3 Å². The number of piperidine rings is 1. The van der Waals surface area contributed by atoms with Crippen molar-refractivity contribution in [3.63, 3.8) is 0 Å². The molecule has 0 aromatic heterocycles. The van der Waals surface area contributed by atoms with Crippen molar-refractivity contribution < 1.29 is 12.8 Å². The van der Waals surface area contributed by atoms with E-state index in [1.165, 1.54) is 24.3 Å². The number of nitrogens with zero attached hydrogens (tertiary/aromatic N) is 1. The van der Waals surface area contributed by atoms with Gasteiger partial charge in [0.05, 0.1) is 5.75 Å². The maximum atomic E-state index is 12.9. The second-order valence-electron chi connectivity index (χ2n) is 5.07. The van der Waals surface area contributed by atoms with Gasteiger partial charge >= 0.3 is 0 Å². The van der Waals surface area contributed by atoms with Crippen molar-refractivity contribution in [1.29, 1.82) is 0 Å². The molecular weight excluding hydrogens is 279 g/mol. The van der Waals surface area contributed by atoms with Crippen LogP contribution < -0.4 is 5.32 Å². The smallest absolute Gasteiger partial charge is 0.218 e. The molecule has 1 N–H and O–H groups in total. The molecule has 4 nitrogen and oxygen atoms in total. The van der Waals surface area contributed by atoms with Crippen LogP contribution in [-0.4, -0.2) is 38.4 Å². The molecule has 1 saturated heterocycles. The third-order valence-electron chi connectivity index (χ3n) is 3.65. The Hall–Kier alpha value is -0.980. The van der Waals surface area contributed by atoms with Crippen LogP contribution in [0.2, 0.25) is 0 Å². The van der Waals surface area contributed by atoms with Gasteiger partial charge in [-0.05, 0) is 43.6 Å². The summed E-state index contributed by atoms with van der Waals surface area (Å²) in [5, 5.41) is 3.24. The van der Waals surface area contributed by atoms with Crippen molar-refractivity contribution in [2.24, 2.45) is 0 Å². The highest BCUT2D eigenvalue weighted by atomic mass is 32.2. The zero-order chi connectivity index (χ0) is 14.6. The van der Waals surface area contributed by atoms with E-state index in [1.54, 1.807) is 4.31 Å². The predicted octanol–water partition coefficient (Wildman–Crippen LogP) is 1.73. The van der Waals surface area contributed by atoms with Gasteiger partial charge in [0.1, 0.15) is 5.82 Å². The van der Waals surface area contributed by atoms with Crippen molar-refractivity contribution >= 4 is 10.0 Å². The number of halogens is 1. The highest BCUT2D eigenvalue weighted by molar-refractivity contribution is 7.88. The van der Waals surface area contributed by atoms with Gasteiger partial charge in [-0.1, -0.05) is 19.1 Å². The van der Waals surface area contributed by atoms with Crippen molar-refractivity contribution in [3.05, 3.63) is 35.6 Å². The summed E-state index contributed by atoms with van der Waals surface area (Å²) in [5.41, 5.74) is 0.624. The first-order valence-corrected chi connectivity index (χ1v) is 8.58. The van der Waals surface area contributed by atoms with E-state index < -0.39 is 10.0 Å². The van der Waals surface area contributed by atoms with Crippen molar-refractivity contribution in [1.82, 2.24) is 9.62 Å². The molecule has 0 aliphatic carbocycles. The molecule has 1 heterocycles. The van der Waals surface area contributed by atoms with Gasteiger partial charge in [0.2, 0.25) is 10.0 Å². The van der Waals surface area contributed by atoms with E-state index in [9.17, 15) is 12.8 Å². The van der Waals surface area contributed by atoms with Crippen molar-refractivity contribution in [2.45, 2.75) is 31.6 Å². The number of hydrogen-bond acceptors (Lipinski definition) is 3. The molecule has 20 heavy (non-hydrogen) atoms. The summed E-state index contributed by atoms with van der Waals surface area (Å²) in [5.74, 6) is -0.415. The molecule has 1 aromatic carbocycles. The fourth-order valence-corrected chi connectivity index (χ4v) is 4.49. The van der Waals surface area contributed by atoms with E-state index in [0.29, 0.717) is 12.1 Å². The standard InChI is InChI=1S/C14H21FN2O2S/c1-2-17(14-7-9-16-10-8-14)20(18,19)11-12-3-5-13(15)6-4-12/h3-6,14,16H,2,7-11H2,1H3. The lowest BCUT2D eigenvalue weighted by Crippen LogP contribution is -2.46. The minimum atomic E-state index is -3.35. The van der Waals surface area contributed by atoms with Crippen LogP contribution in [0, 0.1) is 5.82 Å². The highest BCUT2D eigenvalue weighted by Gasteiger charge is 2.29. The van der Waals surface area contributed by atoms with Gasteiger partial charge in [-0.3, -0.25) is 0 Å². The summed E-state index contributed by atoms with van der Waals surface area (Å²) < 4.78 is 39.5. The van der Waals surface area contributed by atoms with Crippen LogP contribution >= 0.6 is 0 Å². The van der Waals surface area contributed by atoms with E-state index >= 15 is 0 Å². The Labute approximate surface area is 120 Å². The number of nitrogens with one attached hydrogen (secondary N) is 1. The normalized spacial score (nSPS) is 17.6. The van der Waals surface area contributed by atoms with E-state index in [2.05, 4.69) is 5.32 Å². The van der Waals surface area contributed by atoms with E-state index in [-0.39, 0.29) is 17.6 Å². The topological polar surface area (TPSA) is 49.4 Å². The molecule has 1 aromatic rings. The summed E-state index contributed by atoms with van der Waals surface area (Å²) in [4.78, 5) is 0. The molecule has 0 spiro atoms. The number of benzene rings is 1. The third-order valence-corrected chi connectivity index (χ3v) is 5.62. The second kappa shape index (κ2) is 6.65. The molecule has 1 aliphatic rings. The Balaban J connectivity index is 2.12. The van der Waals surface area contributed by atoms with Crippen LogP contribution in [0.15, 0.2) is 24.3 Å². The molecule has 6 heteroatoms. The van der Waals surface area contributed by atoms with Gasteiger partial charge < -0.3 is 5.32 Å². The van der Waals surface area contributed by atoms with E-state index in [1.807, 2.05) is 6.92 Å². The van der Waals surface area contributed by atoms with Crippen LogP contribution in [0.3, 0.4) is 0 Å². The number of hydrogen-bond donors (Lipinski definition) is 1. The molecular formula is C14H21FN2O2S. The minimum absolute atomic E-state index is 0.0644. The molecule has 0 amide bonds. The first-order chi connectivity index (χ1) is 9.53. The molecule has 112 valence electrons. The molecule has 0 bridgehead atoms. The zero-order valence-corrected chi connectivity index (χ0v) is 12.5. The molecule has 1 fully saturated rings. The third kappa shape index (κ3) is 3.77. The molecule has 1 aliphatic heterocycles. The second-order valence-corrected chi connectivity index (χ2v) is 6.99. The van der Waals surface area contributed by atoms with Crippen LogP contribution in [0.5, 0.6) is 0 Å². The highest BCUT2D eigenvalue weighted by Crippen LogP contribution is 2.19. The van der Waals surface area contributed by atoms with E-state index in [0.717, 1.165) is 25.9 Å². The van der Waals surface area contributed by atoms with Crippen LogP contribution in [0.4, 0.5) is 4.39 Å². The van der Waals surface area contributed by atoms with Gasteiger partial charge in [0.25, 0.3) is 0 Å². The lowest BCUT2D eigenvalue weighted by molar-refractivity contribution is 0.270. The predicted molar refractivity (Wildman–Crippen MR) is 77.3 cm³/mol. The summed E-state index contributed by atoms with van der Waals surface area (Å²) in [7, 11) is -3.35. The summed E-state index contributed by atoms with van der Waals surface area (Å²) in [6.07, 6.45) is 1.69. The Kier molecular flexibility index (Phi) is 5.12. The van der Waals surface area contributed by atoms with Gasteiger partial charge in [-0.15, -0.1) is 0 Å². The van der Waals surface area contributed by atoms with Gasteiger partial charge in [0.15, 0.2) is 0 Å². The lowest BCUT2D eigenvalue weighted by atomic mass is 10.1. The Morgan fingerprint density at radius 1 is 1.25 bits per heavy atom. The van der Waals surface area contributed by atoms with E-state index in [4.69, 9.17) is 0 Å². The summed E-state index contributed by atoms with van der Waals surface area (Å²) in [6, 6.07) is 5.73. The van der Waals surface area contributed by atoms with Gasteiger partial charge in [0, 0.05) is 12.6 Å². The first-order valence-electron chi connectivity index (χ1n) is 6.97. The maximum Gasteiger partial charge on any atom is 0.218 e. The Morgan fingerprint density at radius 3 is 2.40 bits per heavy atom. The SMILES string of the molecule is CCN(C1CCNCC1)S(=O)(=O)Cc1ccc(F)cc1. The Morgan fingerprint density at radius 2 is 1.85 bits per heavy atom. The number of sulfonamides is 1. The summed E-state index contributed by atoms with van der Waals surface area (Å²) in [6.45, 7) is 4.05. The van der Waals surface area contributed by atoms with Crippen molar-refractivity contribution in [3.8, 4) is 0 Å². The van der Waals surface area contributed by atoms with Crippen LogP contribution in [-0.2, 0) is 15.8 Å². The van der Waals surface area contributed by atoms with Gasteiger partial charge in [-0.2, -0.15) is 4.31 Å². The number of rotatable bonds is 5. The fraction of sp³-hybridized carbons (Fsp3) is 0.571. The monoisotopic (exact) mass is 300 g/mol. The molecule has 0 saturated carbocycles. The maximum absolute atomic E-state index is 12.9. The molecule has 2 rings (SSSR count). The van der Waals surface area contributed by atoms with Crippen LogP contribution in [0.25, 0.3) is 0 Å². The minimum Gasteiger partial charge on any atom is -0.317 e. The molecule has 0 unspecified atom stereocenters. The fourth-order valence-electron chi connectivity index (χ4n) is 2.65. The lowest BCUT2D eigenvalue weighted by Gasteiger charge is -2.33. The average molecular weight is 300 g/mol. The molecule has 0 radical (unpaired) electrons. The zero-order valence-electron chi connectivity index (χ0n) is 11.7. The summed E-state index contributed by atoms with van der Waals surface area (Å²) >= 11 is 0. The first kappa shape index (κ1) is 15.4. The average Bonchev–Trinajstić information content (AvgIpc) is 2.43. The molecule has 0 atom stereocenters. The van der Waals surface area contributed by atoms with Gasteiger partial charge in [-0.25, -0.2) is 12.8 Å². The Bertz CT molecular complexity index is 525. The largest absolute Gasteiger partial charge is 0.317 e.